The molecule has 270 valence electrons. The number of hydrogen-bond acceptors (Lipinski definition) is 5. The molecule has 1 amide bonds. The number of nitrogens with one attached hydrogen (secondary N) is 3. The summed E-state index contributed by atoms with van der Waals surface area (Å²) in [6, 6.07) is 9.85. The third-order valence-electron chi connectivity index (χ3n) is 9.28. The molecule has 0 aromatic heterocycles. The first-order chi connectivity index (χ1) is 23.8. The minimum atomic E-state index is -4.45. The van der Waals surface area contributed by atoms with Gasteiger partial charge in [0.05, 0.1) is 30.0 Å². The molecule has 1 heterocycles. The van der Waals surface area contributed by atoms with E-state index in [9.17, 15) is 18.0 Å². The summed E-state index contributed by atoms with van der Waals surface area (Å²) in [4.78, 5) is 16.7. The molecule has 1 saturated heterocycles. The van der Waals surface area contributed by atoms with Crippen molar-refractivity contribution in [1.82, 2.24) is 10.2 Å². The third kappa shape index (κ3) is 10.0. The van der Waals surface area contributed by atoms with Crippen molar-refractivity contribution in [3.05, 3.63) is 111 Å². The second-order valence-electron chi connectivity index (χ2n) is 13.3. The van der Waals surface area contributed by atoms with Gasteiger partial charge >= 0.3 is 6.18 Å². The van der Waals surface area contributed by atoms with Crippen LogP contribution in [0.1, 0.15) is 76.1 Å². The Labute approximate surface area is 296 Å². The van der Waals surface area contributed by atoms with Crippen molar-refractivity contribution >= 4 is 23.0 Å². The minimum Gasteiger partial charge on any atom is -0.383 e. The summed E-state index contributed by atoms with van der Waals surface area (Å²) in [5.74, 6) is 0.113. The monoisotopic (exact) mass is 690 g/mol. The van der Waals surface area contributed by atoms with E-state index in [0.29, 0.717) is 53.5 Å². The van der Waals surface area contributed by atoms with Crippen LogP contribution < -0.4 is 16.0 Å². The van der Waals surface area contributed by atoms with Crippen LogP contribution in [0.5, 0.6) is 0 Å². The number of benzene rings is 2. The highest BCUT2D eigenvalue weighted by molar-refractivity contribution is 6.08. The van der Waals surface area contributed by atoms with Crippen molar-refractivity contribution in [2.24, 2.45) is 5.92 Å². The van der Waals surface area contributed by atoms with Crippen molar-refractivity contribution in [3.8, 4) is 0 Å². The van der Waals surface area contributed by atoms with Gasteiger partial charge in [0.25, 0.3) is 5.91 Å². The fourth-order valence-electron chi connectivity index (χ4n) is 6.32. The van der Waals surface area contributed by atoms with Gasteiger partial charge in [0, 0.05) is 54.4 Å². The predicted molar refractivity (Wildman–Crippen MR) is 200 cm³/mol. The van der Waals surface area contributed by atoms with Gasteiger partial charge in [-0.3, -0.25) is 9.69 Å². The Kier molecular flexibility index (Phi) is 13.7. The molecule has 3 N–H and O–H groups in total. The highest BCUT2D eigenvalue weighted by Gasteiger charge is 2.33. The van der Waals surface area contributed by atoms with E-state index >= 15 is 0 Å². The third-order valence-corrected chi connectivity index (χ3v) is 9.28. The number of carbonyl (C=O) groups is 1. The zero-order valence-electron chi connectivity index (χ0n) is 30.6. The number of rotatable bonds is 13. The molecule has 0 unspecified atom stereocenters. The van der Waals surface area contributed by atoms with Crippen LogP contribution in [0, 0.1) is 19.8 Å². The molecule has 1 fully saturated rings. The topological polar surface area (TPSA) is 65.6 Å². The fourth-order valence-corrected chi connectivity index (χ4v) is 6.32. The van der Waals surface area contributed by atoms with Crippen LogP contribution in [0.25, 0.3) is 5.70 Å². The zero-order chi connectivity index (χ0) is 36.4. The standard InChI is InChI=1S/C41H53F3N4O2/c1-8-11-37(33-12-10-13-36(30(33)7)41(42,43)44)46-32-17-15-28(5)38(26-32)47-40(49)35-19-16-31(9-2)29(6)34(18-14-27(3)4)39(35)45-20-21-48-22-24-50-25-23-48/h10-15,17-19,26-27,45-46H,8-9,16,20-25H2,1-7H3,(H,47,49)/b18-14-,37-11?. The normalized spacial score (nSPS) is 16.6. The summed E-state index contributed by atoms with van der Waals surface area (Å²) in [6.45, 7) is 18.7. The Morgan fingerprint density at radius 3 is 2.44 bits per heavy atom. The summed E-state index contributed by atoms with van der Waals surface area (Å²) >= 11 is 0. The first kappa shape index (κ1) is 38.7. The van der Waals surface area contributed by atoms with Gasteiger partial charge < -0.3 is 20.7 Å². The van der Waals surface area contributed by atoms with Gasteiger partial charge in [-0.2, -0.15) is 13.2 Å². The van der Waals surface area contributed by atoms with Gasteiger partial charge in [0.2, 0.25) is 0 Å². The van der Waals surface area contributed by atoms with Gasteiger partial charge in [-0.25, -0.2) is 0 Å². The van der Waals surface area contributed by atoms with E-state index in [-0.39, 0.29) is 11.5 Å². The Morgan fingerprint density at radius 1 is 1.04 bits per heavy atom. The first-order valence-electron chi connectivity index (χ1n) is 17.8. The molecule has 0 radical (unpaired) electrons. The SMILES string of the molecule is CCC=C(Nc1ccc(C)c(NC(=O)C2=CCC(CC)=C(C)C(/C=C\C(C)C)=C2NCCN2CCOCC2)c1)c1cccc(C(F)(F)F)c1C. The average molecular weight is 691 g/mol. The molecule has 0 atom stereocenters. The second kappa shape index (κ2) is 17.7. The Balaban J connectivity index is 1.66. The number of allylic oxidation sites excluding steroid dienone is 7. The molecule has 1 aliphatic heterocycles. The molecule has 9 heteroatoms. The summed E-state index contributed by atoms with van der Waals surface area (Å²) < 4.78 is 46.8. The molecule has 2 aromatic rings. The van der Waals surface area contributed by atoms with E-state index in [1.54, 1.807) is 6.07 Å². The molecular formula is C41H53F3N4O2. The van der Waals surface area contributed by atoms with Crippen LogP contribution >= 0.6 is 0 Å². The number of nitrogens with zero attached hydrogens (tertiary/aromatic N) is 1. The highest BCUT2D eigenvalue weighted by atomic mass is 19.4. The lowest BCUT2D eigenvalue weighted by molar-refractivity contribution is -0.138. The van der Waals surface area contributed by atoms with Gasteiger partial charge in [0.1, 0.15) is 0 Å². The highest BCUT2D eigenvalue weighted by Crippen LogP contribution is 2.36. The van der Waals surface area contributed by atoms with Crippen molar-refractivity contribution in [2.45, 2.75) is 73.9 Å². The van der Waals surface area contributed by atoms with E-state index in [4.69, 9.17) is 4.74 Å². The van der Waals surface area contributed by atoms with Crippen LogP contribution in [0.15, 0.2) is 88.7 Å². The predicted octanol–water partition coefficient (Wildman–Crippen LogP) is 9.57. The number of anilines is 2. The molecule has 4 rings (SSSR count). The van der Waals surface area contributed by atoms with Crippen molar-refractivity contribution in [2.75, 3.05) is 50.0 Å². The summed E-state index contributed by atoms with van der Waals surface area (Å²) in [6.07, 6.45) is 5.94. The number of halogens is 3. The van der Waals surface area contributed by atoms with Crippen LogP contribution in [-0.2, 0) is 15.7 Å². The lowest BCUT2D eigenvalue weighted by Crippen LogP contribution is -2.40. The average Bonchev–Trinajstić information content (AvgIpc) is 3.20. The van der Waals surface area contributed by atoms with Gasteiger partial charge in [-0.15, -0.1) is 0 Å². The number of alkyl halides is 3. The van der Waals surface area contributed by atoms with Crippen LogP contribution in [0.2, 0.25) is 0 Å². The number of ether oxygens (including phenoxy) is 1. The lowest BCUT2D eigenvalue weighted by atomic mass is 9.96. The van der Waals surface area contributed by atoms with Crippen LogP contribution in [0.3, 0.4) is 0 Å². The molecule has 2 aliphatic rings. The van der Waals surface area contributed by atoms with E-state index in [2.05, 4.69) is 60.7 Å². The zero-order valence-corrected chi connectivity index (χ0v) is 30.6. The smallest absolute Gasteiger partial charge is 0.383 e. The van der Waals surface area contributed by atoms with E-state index in [1.807, 2.05) is 44.2 Å². The summed E-state index contributed by atoms with van der Waals surface area (Å²) in [5.41, 5.74) is 7.58. The molecule has 0 spiro atoms. The van der Waals surface area contributed by atoms with E-state index < -0.39 is 11.7 Å². The lowest BCUT2D eigenvalue weighted by Gasteiger charge is -2.27. The Bertz CT molecular complexity index is 1670. The van der Waals surface area contributed by atoms with Gasteiger partial charge in [-0.05, 0) is 80.9 Å². The number of aryl methyl sites for hydroxylation is 1. The van der Waals surface area contributed by atoms with E-state index in [0.717, 1.165) is 62.2 Å². The molecule has 2 aromatic carbocycles. The molecule has 6 nitrogen and oxygen atoms in total. The fraction of sp³-hybridized carbons (Fsp3) is 0.439. The first-order valence-corrected chi connectivity index (χ1v) is 17.8. The number of amides is 1. The maximum Gasteiger partial charge on any atom is 0.416 e. The maximum atomic E-state index is 14.3. The molecular weight excluding hydrogens is 637 g/mol. The van der Waals surface area contributed by atoms with Crippen molar-refractivity contribution in [3.63, 3.8) is 0 Å². The number of morpholine rings is 1. The van der Waals surface area contributed by atoms with Crippen LogP contribution in [-0.4, -0.2) is 50.2 Å². The van der Waals surface area contributed by atoms with Gasteiger partial charge in [-0.1, -0.05) is 75.8 Å². The molecule has 50 heavy (non-hydrogen) atoms. The number of carbonyl (C=O) groups excluding carboxylic acids is 1. The Morgan fingerprint density at radius 2 is 1.78 bits per heavy atom. The maximum absolute atomic E-state index is 14.3. The van der Waals surface area contributed by atoms with Gasteiger partial charge in [0.15, 0.2) is 0 Å². The van der Waals surface area contributed by atoms with Crippen molar-refractivity contribution < 1.29 is 22.7 Å². The largest absolute Gasteiger partial charge is 0.416 e. The minimum absolute atomic E-state index is 0.159. The van der Waals surface area contributed by atoms with Crippen LogP contribution in [0.4, 0.5) is 24.5 Å². The van der Waals surface area contributed by atoms with E-state index in [1.165, 1.54) is 24.1 Å². The molecule has 0 bridgehead atoms. The molecule has 1 aliphatic carbocycles. The second-order valence-corrected chi connectivity index (χ2v) is 13.3. The van der Waals surface area contributed by atoms with Crippen molar-refractivity contribution in [1.29, 1.82) is 0 Å². The quantitative estimate of drug-likeness (QED) is 0.195. The number of hydrogen-bond donors (Lipinski definition) is 3. The summed E-state index contributed by atoms with van der Waals surface area (Å²) in [5, 5.41) is 10.2. The summed E-state index contributed by atoms with van der Waals surface area (Å²) in [7, 11) is 0. The molecule has 0 saturated carbocycles. The Hall–Kier alpha value is -4.08.